The van der Waals surface area contributed by atoms with Gasteiger partial charge in [0.05, 0.1) is 11.0 Å². The van der Waals surface area contributed by atoms with Crippen molar-refractivity contribution in [2.75, 3.05) is 19.7 Å². The van der Waals surface area contributed by atoms with Gasteiger partial charge in [-0.15, -0.1) is 5.06 Å². The Morgan fingerprint density at radius 3 is 2.26 bits per heavy atom. The molecular weight excluding hydrogens is 446 g/mol. The second-order valence-electron chi connectivity index (χ2n) is 9.19. The van der Waals surface area contributed by atoms with Crippen LogP contribution in [0, 0.1) is 5.41 Å². The maximum Gasteiger partial charge on any atom is 0.338 e. The fraction of sp³-hybridized carbons (Fsp3) is 0.652. The van der Waals surface area contributed by atoms with E-state index in [1.54, 1.807) is 13.8 Å². The van der Waals surface area contributed by atoms with Crippen molar-refractivity contribution in [3.8, 4) is 0 Å². The lowest BCUT2D eigenvalue weighted by molar-refractivity contribution is -0.212. The van der Waals surface area contributed by atoms with E-state index >= 15 is 0 Å². The summed E-state index contributed by atoms with van der Waals surface area (Å²) >= 11 is 0. The van der Waals surface area contributed by atoms with Crippen LogP contribution in [0.5, 0.6) is 0 Å². The molecule has 1 heterocycles. The quantitative estimate of drug-likeness (QED) is 0.212. The van der Waals surface area contributed by atoms with Crippen molar-refractivity contribution in [2.24, 2.45) is 5.41 Å². The van der Waals surface area contributed by atoms with Gasteiger partial charge in [0.25, 0.3) is 11.8 Å². The fourth-order valence-electron chi connectivity index (χ4n) is 2.87. The Balaban J connectivity index is 2.32. The zero-order valence-electron chi connectivity index (χ0n) is 20.3. The van der Waals surface area contributed by atoms with Crippen molar-refractivity contribution in [1.29, 1.82) is 0 Å². The summed E-state index contributed by atoms with van der Waals surface area (Å²) < 4.78 is 5.88. The Labute approximate surface area is 199 Å². The lowest BCUT2D eigenvalue weighted by atomic mass is 9.90. The Morgan fingerprint density at radius 1 is 1.00 bits per heavy atom. The van der Waals surface area contributed by atoms with Gasteiger partial charge >= 0.3 is 5.97 Å². The molecular formula is C23H35N3O8. The Morgan fingerprint density at radius 2 is 1.65 bits per heavy atom. The molecule has 34 heavy (non-hydrogen) atoms. The molecule has 0 bridgehead atoms. The molecule has 2 N–H and O–H groups in total. The second-order valence-corrected chi connectivity index (χ2v) is 9.19. The largest absolute Gasteiger partial charge is 0.375 e. The lowest BCUT2D eigenvalue weighted by Gasteiger charge is -2.30. The smallest absolute Gasteiger partial charge is 0.338 e. The molecule has 1 fully saturated rings. The first kappa shape index (κ1) is 29.0. The third kappa shape index (κ3) is 10.7. The van der Waals surface area contributed by atoms with E-state index in [2.05, 4.69) is 10.6 Å². The number of aldehydes is 1. The molecule has 1 saturated heterocycles. The van der Waals surface area contributed by atoms with Crippen LogP contribution in [-0.2, 0) is 38.3 Å². The highest BCUT2D eigenvalue weighted by Crippen LogP contribution is 2.26. The summed E-state index contributed by atoms with van der Waals surface area (Å²) in [7, 11) is 0. The molecule has 4 amide bonds. The van der Waals surface area contributed by atoms with Crippen molar-refractivity contribution in [3.05, 3.63) is 12.2 Å². The van der Waals surface area contributed by atoms with Gasteiger partial charge in [0, 0.05) is 45.0 Å². The highest BCUT2D eigenvalue weighted by Gasteiger charge is 2.36. The summed E-state index contributed by atoms with van der Waals surface area (Å²) in [5.41, 5.74) is -1.56. The number of amides is 4. The molecule has 1 rings (SSSR count). The van der Waals surface area contributed by atoms with Crippen LogP contribution in [0.25, 0.3) is 0 Å². The second kappa shape index (κ2) is 13.6. The zero-order chi connectivity index (χ0) is 25.8. The van der Waals surface area contributed by atoms with Gasteiger partial charge in [0.2, 0.25) is 11.8 Å². The summed E-state index contributed by atoms with van der Waals surface area (Å²) in [6, 6.07) is 0. The normalized spacial score (nSPS) is 14.8. The standard InChI is InChI=1S/C23H35N3O8/c1-22(2,21(32)34-26-19(30)8-5-9-20(26)31)12-16-33-23(3,4)11-14-25-18(29)10-13-24-17(28)7-6-15-27/h6-7,15H,5,8-14,16H2,1-4H3,(H,24,28)(H,25,29)/b7-6-. The SMILES string of the molecule is CC(C)(CCNC(=O)CCNC(=O)/C=C\C=O)OCCC(C)(C)C(=O)ON1C(=O)CCCC1=O. The Kier molecular flexibility index (Phi) is 11.6. The number of rotatable bonds is 14. The van der Waals surface area contributed by atoms with Crippen LogP contribution in [0.1, 0.15) is 66.2 Å². The number of nitrogens with zero attached hydrogens (tertiary/aromatic N) is 1. The first-order valence-electron chi connectivity index (χ1n) is 11.3. The van der Waals surface area contributed by atoms with E-state index in [1.807, 2.05) is 13.8 Å². The molecule has 11 nitrogen and oxygen atoms in total. The van der Waals surface area contributed by atoms with E-state index < -0.39 is 34.7 Å². The number of hydrogen-bond donors (Lipinski definition) is 2. The van der Waals surface area contributed by atoms with Crippen molar-refractivity contribution in [1.82, 2.24) is 15.7 Å². The van der Waals surface area contributed by atoms with Crippen molar-refractivity contribution in [3.63, 3.8) is 0 Å². The molecule has 0 aliphatic carbocycles. The fourth-order valence-corrected chi connectivity index (χ4v) is 2.87. The van der Waals surface area contributed by atoms with E-state index in [0.29, 0.717) is 37.2 Å². The minimum absolute atomic E-state index is 0.0975. The maximum absolute atomic E-state index is 12.5. The molecule has 1 aliphatic rings. The average molecular weight is 482 g/mol. The number of ether oxygens (including phenoxy) is 1. The minimum atomic E-state index is -0.979. The van der Waals surface area contributed by atoms with Crippen LogP contribution in [0.4, 0.5) is 0 Å². The van der Waals surface area contributed by atoms with Gasteiger partial charge < -0.3 is 20.2 Å². The van der Waals surface area contributed by atoms with Crippen LogP contribution in [0.3, 0.4) is 0 Å². The maximum atomic E-state index is 12.5. The van der Waals surface area contributed by atoms with Gasteiger partial charge in [-0.1, -0.05) is 0 Å². The van der Waals surface area contributed by atoms with E-state index in [-0.39, 0.29) is 38.3 Å². The third-order valence-corrected chi connectivity index (χ3v) is 5.21. The zero-order valence-corrected chi connectivity index (χ0v) is 20.3. The summed E-state index contributed by atoms with van der Waals surface area (Å²) in [5, 5.41) is 5.80. The number of hydrogen-bond acceptors (Lipinski definition) is 8. The Hall–Kier alpha value is -3.08. The monoisotopic (exact) mass is 481 g/mol. The summed E-state index contributed by atoms with van der Waals surface area (Å²) in [4.78, 5) is 74.5. The topological polar surface area (TPSA) is 148 Å². The summed E-state index contributed by atoms with van der Waals surface area (Å²) in [6.45, 7) is 7.75. The van der Waals surface area contributed by atoms with Gasteiger partial charge in [-0.2, -0.15) is 0 Å². The molecule has 0 unspecified atom stereocenters. The van der Waals surface area contributed by atoms with Crippen molar-refractivity contribution in [2.45, 2.75) is 71.8 Å². The molecule has 190 valence electrons. The molecule has 0 aromatic heterocycles. The van der Waals surface area contributed by atoms with Gasteiger partial charge in [0.1, 0.15) is 6.29 Å². The van der Waals surface area contributed by atoms with Gasteiger partial charge in [0.15, 0.2) is 0 Å². The number of allylic oxidation sites excluding steroid dienone is 1. The van der Waals surface area contributed by atoms with Crippen LogP contribution in [0.15, 0.2) is 12.2 Å². The van der Waals surface area contributed by atoms with Crippen molar-refractivity contribution < 1.29 is 38.3 Å². The van der Waals surface area contributed by atoms with Crippen LogP contribution >= 0.6 is 0 Å². The highest BCUT2D eigenvalue weighted by molar-refractivity contribution is 5.97. The number of piperidine rings is 1. The third-order valence-electron chi connectivity index (χ3n) is 5.21. The van der Waals surface area contributed by atoms with E-state index in [9.17, 15) is 28.8 Å². The van der Waals surface area contributed by atoms with Gasteiger partial charge in [-0.05, 0) is 53.0 Å². The van der Waals surface area contributed by atoms with Crippen LogP contribution in [-0.4, -0.2) is 66.2 Å². The summed E-state index contributed by atoms with van der Waals surface area (Å²) in [5.74, 6) is -2.40. The molecule has 0 atom stereocenters. The molecule has 0 saturated carbocycles. The van der Waals surface area contributed by atoms with Crippen LogP contribution in [0.2, 0.25) is 0 Å². The van der Waals surface area contributed by atoms with Gasteiger partial charge in [-0.25, -0.2) is 4.79 Å². The number of nitrogens with one attached hydrogen (secondary N) is 2. The number of carbonyl (C=O) groups is 6. The number of carbonyl (C=O) groups excluding carboxylic acids is 6. The highest BCUT2D eigenvalue weighted by atomic mass is 16.7. The van der Waals surface area contributed by atoms with E-state index in [1.165, 1.54) is 0 Å². The number of hydroxylamine groups is 2. The first-order valence-corrected chi connectivity index (χ1v) is 11.3. The minimum Gasteiger partial charge on any atom is -0.375 e. The molecule has 0 radical (unpaired) electrons. The van der Waals surface area contributed by atoms with Gasteiger partial charge in [-0.3, -0.25) is 24.0 Å². The van der Waals surface area contributed by atoms with E-state index in [0.717, 1.165) is 12.2 Å². The Bertz CT molecular complexity index is 788. The molecule has 11 heteroatoms. The molecule has 0 aromatic carbocycles. The lowest BCUT2D eigenvalue weighted by Crippen LogP contribution is -2.44. The molecule has 0 spiro atoms. The molecule has 0 aromatic rings. The number of imide groups is 1. The first-order chi connectivity index (χ1) is 15.9. The predicted octanol–water partition coefficient (Wildman–Crippen LogP) is 0.963. The molecule has 1 aliphatic heterocycles. The van der Waals surface area contributed by atoms with Crippen LogP contribution < -0.4 is 10.6 Å². The van der Waals surface area contributed by atoms with E-state index in [4.69, 9.17) is 9.57 Å². The predicted molar refractivity (Wildman–Crippen MR) is 121 cm³/mol. The average Bonchev–Trinajstić information content (AvgIpc) is 2.74. The van der Waals surface area contributed by atoms with Crippen molar-refractivity contribution >= 4 is 35.9 Å². The summed E-state index contributed by atoms with van der Waals surface area (Å²) in [6.07, 6.45) is 4.33.